The number of rotatable bonds is 5. The normalized spacial score (nSPS) is 12.2. The Morgan fingerprint density at radius 1 is 0.935 bits per heavy atom. The van der Waals surface area contributed by atoms with E-state index in [1.165, 1.54) is 16.7 Å². The molecule has 2 heterocycles. The topological polar surface area (TPSA) is 68.6 Å². The molecule has 0 unspecified atom stereocenters. The van der Waals surface area contributed by atoms with Gasteiger partial charge in [0.1, 0.15) is 5.75 Å². The second-order valence-corrected chi connectivity index (χ2v) is 7.56. The standard InChI is InChI=1S/C22H20F3N5O/c1-21(2,31-15-10-8-14(9-11-15)18-12-13-26-27-18)20-29-28-19(30(20)3)16-6-4-5-7-17(16)22(23,24)25/h4-13H,1-3H3,(H,26,27). The van der Waals surface area contributed by atoms with Crippen LogP contribution < -0.4 is 4.74 Å². The SMILES string of the molecule is Cn1c(-c2ccccc2C(F)(F)F)nnc1C(C)(C)Oc1ccc(-c2ccn[nH]2)cc1. The van der Waals surface area contributed by atoms with Gasteiger partial charge in [0.05, 0.1) is 11.3 Å². The average molecular weight is 427 g/mol. The number of benzene rings is 2. The van der Waals surface area contributed by atoms with Crippen LogP contribution in [0.15, 0.2) is 60.8 Å². The zero-order chi connectivity index (χ0) is 22.2. The summed E-state index contributed by atoms with van der Waals surface area (Å²) >= 11 is 0. The van der Waals surface area contributed by atoms with Gasteiger partial charge in [-0.3, -0.25) is 5.10 Å². The van der Waals surface area contributed by atoms with Crippen LogP contribution in [0, 0.1) is 0 Å². The molecule has 0 saturated carbocycles. The van der Waals surface area contributed by atoms with E-state index < -0.39 is 17.3 Å². The van der Waals surface area contributed by atoms with Crippen LogP contribution in [0.1, 0.15) is 25.2 Å². The predicted molar refractivity (Wildman–Crippen MR) is 109 cm³/mol. The summed E-state index contributed by atoms with van der Waals surface area (Å²) in [5.74, 6) is 1.11. The van der Waals surface area contributed by atoms with Crippen molar-refractivity contribution in [2.45, 2.75) is 25.6 Å². The summed E-state index contributed by atoms with van der Waals surface area (Å²) in [6.07, 6.45) is -2.82. The van der Waals surface area contributed by atoms with Crippen molar-refractivity contribution in [2.75, 3.05) is 0 Å². The van der Waals surface area contributed by atoms with E-state index in [9.17, 15) is 13.2 Å². The Hall–Kier alpha value is -3.62. The van der Waals surface area contributed by atoms with E-state index in [-0.39, 0.29) is 11.4 Å². The first kappa shape index (κ1) is 20.6. The number of nitrogens with zero attached hydrogens (tertiary/aromatic N) is 4. The van der Waals surface area contributed by atoms with Gasteiger partial charge in [-0.1, -0.05) is 18.2 Å². The molecule has 31 heavy (non-hydrogen) atoms. The van der Waals surface area contributed by atoms with E-state index in [1.807, 2.05) is 30.3 Å². The molecule has 0 aliphatic carbocycles. The molecular weight excluding hydrogens is 407 g/mol. The highest BCUT2D eigenvalue weighted by Crippen LogP contribution is 2.37. The van der Waals surface area contributed by atoms with Crippen molar-refractivity contribution in [1.29, 1.82) is 0 Å². The third kappa shape index (κ3) is 4.03. The molecule has 0 fully saturated rings. The molecule has 0 aliphatic rings. The first-order chi connectivity index (χ1) is 14.7. The second-order valence-electron chi connectivity index (χ2n) is 7.56. The van der Waals surface area contributed by atoms with Crippen molar-refractivity contribution in [3.05, 3.63) is 72.2 Å². The number of aromatic amines is 1. The van der Waals surface area contributed by atoms with Crippen molar-refractivity contribution in [2.24, 2.45) is 7.05 Å². The fourth-order valence-electron chi connectivity index (χ4n) is 3.47. The van der Waals surface area contributed by atoms with Crippen LogP contribution in [-0.2, 0) is 18.8 Å². The van der Waals surface area contributed by atoms with Crippen molar-refractivity contribution in [3.8, 4) is 28.4 Å². The van der Waals surface area contributed by atoms with Crippen LogP contribution in [0.2, 0.25) is 0 Å². The minimum atomic E-state index is -4.49. The number of halogens is 3. The fraction of sp³-hybridized carbons (Fsp3) is 0.227. The minimum absolute atomic E-state index is 0.0315. The van der Waals surface area contributed by atoms with E-state index in [0.29, 0.717) is 11.6 Å². The van der Waals surface area contributed by atoms with Gasteiger partial charge in [0.15, 0.2) is 17.2 Å². The Morgan fingerprint density at radius 2 is 1.65 bits per heavy atom. The van der Waals surface area contributed by atoms with Crippen LogP contribution in [0.4, 0.5) is 13.2 Å². The molecule has 160 valence electrons. The highest BCUT2D eigenvalue weighted by molar-refractivity contribution is 5.62. The first-order valence-corrected chi connectivity index (χ1v) is 9.52. The van der Waals surface area contributed by atoms with Gasteiger partial charge in [-0.2, -0.15) is 18.3 Å². The number of hydrogen-bond donors (Lipinski definition) is 1. The van der Waals surface area contributed by atoms with Gasteiger partial charge in [0, 0.05) is 18.8 Å². The lowest BCUT2D eigenvalue weighted by molar-refractivity contribution is -0.137. The van der Waals surface area contributed by atoms with E-state index in [1.54, 1.807) is 33.2 Å². The molecule has 6 nitrogen and oxygen atoms in total. The summed E-state index contributed by atoms with van der Waals surface area (Å²) in [5, 5.41) is 15.0. The molecule has 0 radical (unpaired) electrons. The van der Waals surface area contributed by atoms with Crippen LogP contribution in [0.5, 0.6) is 5.75 Å². The molecule has 0 amide bonds. The number of H-pyrrole nitrogens is 1. The van der Waals surface area contributed by atoms with Crippen LogP contribution >= 0.6 is 0 Å². The summed E-state index contributed by atoms with van der Waals surface area (Å²) in [5.41, 5.74) is 0.100. The fourth-order valence-corrected chi connectivity index (χ4v) is 3.47. The summed E-state index contributed by atoms with van der Waals surface area (Å²) in [7, 11) is 1.63. The largest absolute Gasteiger partial charge is 0.480 e. The first-order valence-electron chi connectivity index (χ1n) is 9.52. The summed E-state index contributed by atoms with van der Waals surface area (Å²) in [4.78, 5) is 0. The Morgan fingerprint density at radius 3 is 2.29 bits per heavy atom. The van der Waals surface area contributed by atoms with Crippen LogP contribution in [0.25, 0.3) is 22.6 Å². The summed E-state index contributed by atoms with van der Waals surface area (Å²) < 4.78 is 48.0. The summed E-state index contributed by atoms with van der Waals surface area (Å²) in [6, 6.07) is 14.6. The van der Waals surface area contributed by atoms with E-state index in [4.69, 9.17) is 4.74 Å². The van der Waals surface area contributed by atoms with Crippen molar-refractivity contribution in [3.63, 3.8) is 0 Å². The highest BCUT2D eigenvalue weighted by atomic mass is 19.4. The molecule has 0 saturated heterocycles. The van der Waals surface area contributed by atoms with Crippen molar-refractivity contribution < 1.29 is 17.9 Å². The maximum absolute atomic E-state index is 13.4. The van der Waals surface area contributed by atoms with Gasteiger partial charge in [-0.05, 0) is 55.8 Å². The third-order valence-electron chi connectivity index (χ3n) is 4.93. The van der Waals surface area contributed by atoms with E-state index >= 15 is 0 Å². The monoisotopic (exact) mass is 427 g/mol. The van der Waals surface area contributed by atoms with Crippen LogP contribution in [0.3, 0.4) is 0 Å². The minimum Gasteiger partial charge on any atom is -0.480 e. The molecule has 2 aromatic heterocycles. The molecule has 0 aliphatic heterocycles. The predicted octanol–water partition coefficient (Wildman–Crippen LogP) is 5.21. The van der Waals surface area contributed by atoms with Gasteiger partial charge in [-0.15, -0.1) is 10.2 Å². The summed E-state index contributed by atoms with van der Waals surface area (Å²) in [6.45, 7) is 3.58. The van der Waals surface area contributed by atoms with Gasteiger partial charge in [0.2, 0.25) is 0 Å². The third-order valence-corrected chi connectivity index (χ3v) is 4.93. The Bertz CT molecular complexity index is 1180. The number of aromatic nitrogens is 5. The Balaban J connectivity index is 1.63. The lowest BCUT2D eigenvalue weighted by atomic mass is 10.1. The maximum Gasteiger partial charge on any atom is 0.417 e. The Labute approximate surface area is 176 Å². The molecule has 0 spiro atoms. The number of alkyl halides is 3. The number of ether oxygens (including phenoxy) is 1. The van der Waals surface area contributed by atoms with Gasteiger partial charge < -0.3 is 9.30 Å². The van der Waals surface area contributed by atoms with Crippen molar-refractivity contribution >= 4 is 0 Å². The average Bonchev–Trinajstić information content (AvgIpc) is 3.38. The lowest BCUT2D eigenvalue weighted by Gasteiger charge is -2.25. The van der Waals surface area contributed by atoms with Gasteiger partial charge >= 0.3 is 6.18 Å². The molecule has 0 atom stereocenters. The van der Waals surface area contributed by atoms with Crippen molar-refractivity contribution in [1.82, 2.24) is 25.0 Å². The van der Waals surface area contributed by atoms with Gasteiger partial charge in [-0.25, -0.2) is 0 Å². The zero-order valence-corrected chi connectivity index (χ0v) is 17.1. The molecule has 4 rings (SSSR count). The zero-order valence-electron chi connectivity index (χ0n) is 17.1. The molecule has 1 N–H and O–H groups in total. The van der Waals surface area contributed by atoms with Gasteiger partial charge in [0.25, 0.3) is 0 Å². The van der Waals surface area contributed by atoms with E-state index in [2.05, 4.69) is 20.4 Å². The number of hydrogen-bond acceptors (Lipinski definition) is 4. The molecule has 4 aromatic rings. The quantitative estimate of drug-likeness (QED) is 0.475. The maximum atomic E-state index is 13.4. The molecule has 9 heteroatoms. The molecule has 0 bridgehead atoms. The lowest BCUT2D eigenvalue weighted by Crippen LogP contribution is -2.29. The van der Waals surface area contributed by atoms with Crippen LogP contribution in [-0.4, -0.2) is 25.0 Å². The van der Waals surface area contributed by atoms with E-state index in [0.717, 1.165) is 17.3 Å². The number of nitrogens with one attached hydrogen (secondary N) is 1. The highest BCUT2D eigenvalue weighted by Gasteiger charge is 2.36. The second kappa shape index (κ2) is 7.57. The smallest absolute Gasteiger partial charge is 0.417 e. The molecular formula is C22H20F3N5O. The Kier molecular flexibility index (Phi) is 5.04. The molecule has 2 aromatic carbocycles.